The fourth-order valence-electron chi connectivity index (χ4n) is 4.71. The molecule has 1 aliphatic heterocycles. The Kier molecular flexibility index (Phi) is 8.94. The first kappa shape index (κ1) is 28.2. The summed E-state index contributed by atoms with van der Waals surface area (Å²) in [6, 6.07) is 22.1. The van der Waals surface area contributed by atoms with E-state index in [9.17, 15) is 14.0 Å². The monoisotopic (exact) mass is 562 g/mol. The van der Waals surface area contributed by atoms with Crippen LogP contribution in [-0.2, 0) is 6.42 Å². The molecule has 9 heteroatoms. The van der Waals surface area contributed by atoms with E-state index < -0.39 is 0 Å². The van der Waals surface area contributed by atoms with Gasteiger partial charge in [0.05, 0.1) is 11.3 Å². The van der Waals surface area contributed by atoms with E-state index in [1.54, 1.807) is 48.8 Å². The van der Waals surface area contributed by atoms with Crippen LogP contribution in [0.25, 0.3) is 0 Å². The number of rotatable bonds is 6. The van der Waals surface area contributed by atoms with Gasteiger partial charge in [0.15, 0.2) is 0 Å². The molecule has 4 aromatic rings. The van der Waals surface area contributed by atoms with E-state index in [0.717, 1.165) is 11.3 Å². The molecule has 0 unspecified atom stereocenters. The molecule has 0 bridgehead atoms. The average molecular weight is 563 g/mol. The van der Waals surface area contributed by atoms with Crippen LogP contribution in [0, 0.1) is 17.7 Å². The minimum atomic E-state index is -0.326. The molecule has 1 fully saturated rings. The Morgan fingerprint density at radius 1 is 0.929 bits per heavy atom. The summed E-state index contributed by atoms with van der Waals surface area (Å²) in [6.45, 7) is 2.77. The fraction of sp³-hybridized carbons (Fsp3) is 0.182. The number of halogens is 1. The van der Waals surface area contributed by atoms with Crippen molar-refractivity contribution in [1.29, 1.82) is 0 Å². The molecule has 0 aliphatic carbocycles. The van der Waals surface area contributed by atoms with Gasteiger partial charge in [0, 0.05) is 67.6 Å². The minimum Gasteiger partial charge on any atom is -0.399 e. The first-order valence-electron chi connectivity index (χ1n) is 13.7. The number of nitrogens with one attached hydrogen (secondary N) is 2. The zero-order chi connectivity index (χ0) is 29.3. The quantitative estimate of drug-likeness (QED) is 0.237. The lowest BCUT2D eigenvalue weighted by Gasteiger charge is -2.36. The predicted octanol–water partition coefficient (Wildman–Crippen LogP) is 4.53. The number of anilines is 3. The van der Waals surface area contributed by atoms with Crippen molar-refractivity contribution in [3.05, 3.63) is 119 Å². The van der Waals surface area contributed by atoms with Crippen molar-refractivity contribution in [2.75, 3.05) is 48.7 Å². The lowest BCUT2D eigenvalue weighted by Crippen LogP contribution is -2.49. The maximum atomic E-state index is 13.4. The summed E-state index contributed by atoms with van der Waals surface area (Å²) < 4.78 is 13.4. The molecule has 1 saturated heterocycles. The third-order valence-corrected chi connectivity index (χ3v) is 6.90. The number of nitrogens with two attached hydrogens (primary N) is 1. The Hall–Kier alpha value is -5.36. The molecule has 42 heavy (non-hydrogen) atoms. The number of nitrogens with zero attached hydrogens (tertiary/aromatic N) is 3. The number of amides is 3. The van der Waals surface area contributed by atoms with Crippen LogP contribution in [0.5, 0.6) is 0 Å². The molecular weight excluding hydrogens is 531 g/mol. The van der Waals surface area contributed by atoms with Crippen molar-refractivity contribution in [1.82, 2.24) is 15.2 Å². The molecule has 3 aromatic carbocycles. The van der Waals surface area contributed by atoms with E-state index in [1.807, 2.05) is 35.2 Å². The first-order valence-corrected chi connectivity index (χ1v) is 13.7. The Labute approximate surface area is 244 Å². The lowest BCUT2D eigenvalue weighted by molar-refractivity contribution is 0.0747. The molecule has 8 nitrogen and oxygen atoms in total. The summed E-state index contributed by atoms with van der Waals surface area (Å²) in [5, 5.41) is 5.75. The molecule has 212 valence electrons. The lowest BCUT2D eigenvalue weighted by atomic mass is 10.1. The van der Waals surface area contributed by atoms with E-state index >= 15 is 0 Å². The van der Waals surface area contributed by atoms with E-state index in [2.05, 4.69) is 32.4 Å². The highest BCUT2D eigenvalue weighted by Crippen LogP contribution is 2.26. The molecule has 1 aromatic heterocycles. The maximum Gasteiger partial charge on any atom is 0.319 e. The topological polar surface area (TPSA) is 104 Å². The van der Waals surface area contributed by atoms with Gasteiger partial charge in [-0.05, 0) is 78.7 Å². The fourth-order valence-corrected chi connectivity index (χ4v) is 4.71. The van der Waals surface area contributed by atoms with Crippen molar-refractivity contribution >= 4 is 29.0 Å². The first-order chi connectivity index (χ1) is 20.4. The second-order valence-electron chi connectivity index (χ2n) is 9.89. The number of hydrogen-bond donors (Lipinski definition) is 3. The Balaban J connectivity index is 1.29. The third-order valence-electron chi connectivity index (χ3n) is 6.90. The van der Waals surface area contributed by atoms with Gasteiger partial charge < -0.3 is 26.2 Å². The summed E-state index contributed by atoms with van der Waals surface area (Å²) >= 11 is 0. The van der Waals surface area contributed by atoms with Crippen LogP contribution in [0.4, 0.5) is 26.2 Å². The summed E-state index contributed by atoms with van der Waals surface area (Å²) in [6.07, 6.45) is 4.16. The zero-order valence-corrected chi connectivity index (χ0v) is 23.0. The molecule has 2 heterocycles. The van der Waals surface area contributed by atoms with Crippen LogP contribution in [0.3, 0.4) is 0 Å². The smallest absolute Gasteiger partial charge is 0.319 e. The number of carbonyl (C=O) groups excluding carboxylic acids is 2. The second kappa shape index (κ2) is 13.3. The third kappa shape index (κ3) is 7.43. The van der Waals surface area contributed by atoms with Crippen LogP contribution < -0.4 is 21.3 Å². The van der Waals surface area contributed by atoms with Gasteiger partial charge in [-0.15, -0.1) is 0 Å². The van der Waals surface area contributed by atoms with Crippen LogP contribution in [0.15, 0.2) is 91.3 Å². The van der Waals surface area contributed by atoms with E-state index in [1.165, 1.54) is 12.1 Å². The highest BCUT2D eigenvalue weighted by Gasteiger charge is 2.23. The number of nitrogen functional groups attached to an aromatic ring is 1. The Bertz CT molecular complexity index is 1610. The molecule has 5 rings (SSSR count). The molecule has 3 amide bonds. The number of pyridine rings is 1. The average Bonchev–Trinajstić information content (AvgIpc) is 3.01. The zero-order valence-electron chi connectivity index (χ0n) is 23.0. The molecule has 0 radical (unpaired) electrons. The van der Waals surface area contributed by atoms with Gasteiger partial charge in [-0.2, -0.15) is 0 Å². The number of piperazine rings is 1. The molecule has 1 aliphatic rings. The van der Waals surface area contributed by atoms with Crippen LogP contribution in [-0.4, -0.2) is 54.5 Å². The minimum absolute atomic E-state index is 0.0487. The Morgan fingerprint density at radius 2 is 1.74 bits per heavy atom. The maximum absolute atomic E-state index is 13.4. The SMILES string of the molecule is Nc1cccc(C(=O)N2CCN(c3ccc(NC(=O)NCCc4cccnc4)cc3C#Cc3ccc(F)cc3)CC2)c1. The van der Waals surface area contributed by atoms with Gasteiger partial charge in [0.25, 0.3) is 5.91 Å². The van der Waals surface area contributed by atoms with E-state index in [-0.39, 0.29) is 17.8 Å². The van der Waals surface area contributed by atoms with Gasteiger partial charge in [-0.25, -0.2) is 9.18 Å². The second-order valence-corrected chi connectivity index (χ2v) is 9.89. The van der Waals surface area contributed by atoms with Crippen LogP contribution in [0.2, 0.25) is 0 Å². The van der Waals surface area contributed by atoms with Gasteiger partial charge >= 0.3 is 6.03 Å². The standard InChI is InChI=1S/C33H31FN6O2/c34-28-10-7-24(8-11-28)6-9-26-22-30(38-33(42)37-16-14-25-3-2-15-36-23-25)12-13-31(26)39-17-19-40(20-18-39)32(41)27-4-1-5-29(35)21-27/h1-5,7-8,10-13,15,21-23H,14,16-20,35H2,(H2,37,38,42). The molecular formula is C33H31FN6O2. The van der Waals surface area contributed by atoms with E-state index in [0.29, 0.717) is 67.2 Å². The number of aromatic nitrogens is 1. The predicted molar refractivity (Wildman–Crippen MR) is 163 cm³/mol. The number of benzene rings is 3. The highest BCUT2D eigenvalue weighted by atomic mass is 19.1. The summed E-state index contributed by atoms with van der Waals surface area (Å²) in [4.78, 5) is 33.7. The van der Waals surface area contributed by atoms with Crippen molar-refractivity contribution in [3.63, 3.8) is 0 Å². The number of carbonyl (C=O) groups is 2. The molecule has 4 N–H and O–H groups in total. The van der Waals surface area contributed by atoms with Crippen molar-refractivity contribution in [3.8, 4) is 11.8 Å². The molecule has 0 saturated carbocycles. The summed E-state index contributed by atoms with van der Waals surface area (Å²) in [5.74, 6) is 5.93. The van der Waals surface area contributed by atoms with Gasteiger partial charge in [0.2, 0.25) is 0 Å². The van der Waals surface area contributed by atoms with Crippen molar-refractivity contribution in [2.24, 2.45) is 0 Å². The van der Waals surface area contributed by atoms with Gasteiger partial charge in [0.1, 0.15) is 5.82 Å². The summed E-state index contributed by atoms with van der Waals surface area (Å²) in [5.41, 5.74) is 10.9. The number of hydrogen-bond acceptors (Lipinski definition) is 5. The summed E-state index contributed by atoms with van der Waals surface area (Å²) in [7, 11) is 0. The molecule has 0 atom stereocenters. The largest absolute Gasteiger partial charge is 0.399 e. The van der Waals surface area contributed by atoms with Crippen molar-refractivity contribution in [2.45, 2.75) is 6.42 Å². The normalized spacial score (nSPS) is 12.7. The van der Waals surface area contributed by atoms with Crippen molar-refractivity contribution < 1.29 is 14.0 Å². The number of urea groups is 1. The Morgan fingerprint density at radius 3 is 2.48 bits per heavy atom. The van der Waals surface area contributed by atoms with Crippen LogP contribution >= 0.6 is 0 Å². The molecule has 0 spiro atoms. The van der Waals surface area contributed by atoms with E-state index in [4.69, 9.17) is 5.73 Å². The van der Waals surface area contributed by atoms with Gasteiger partial charge in [-0.3, -0.25) is 9.78 Å². The van der Waals surface area contributed by atoms with Crippen LogP contribution in [0.1, 0.15) is 27.0 Å². The highest BCUT2D eigenvalue weighted by molar-refractivity contribution is 5.95. The van der Waals surface area contributed by atoms with Gasteiger partial charge in [-0.1, -0.05) is 24.0 Å².